The highest BCUT2D eigenvalue weighted by molar-refractivity contribution is 6.00. The van der Waals surface area contributed by atoms with Gasteiger partial charge >= 0.3 is 0 Å². The number of ether oxygens (including phenoxy) is 1. The Bertz CT molecular complexity index is 629. The molecule has 3 amide bonds. The third-order valence-corrected chi connectivity index (χ3v) is 3.76. The highest BCUT2D eigenvalue weighted by Gasteiger charge is 2.31. The minimum Gasteiger partial charge on any atom is -0.486 e. The summed E-state index contributed by atoms with van der Waals surface area (Å²) >= 11 is 0. The number of aldehydes is 1. The number of nitrogens with zero attached hydrogens (tertiary/aromatic N) is 1. The zero-order valence-corrected chi connectivity index (χ0v) is 12.8. The molecule has 0 aromatic heterocycles. The van der Waals surface area contributed by atoms with Crippen molar-refractivity contribution in [2.75, 3.05) is 6.61 Å². The van der Waals surface area contributed by atoms with E-state index in [4.69, 9.17) is 4.74 Å². The molecule has 1 aliphatic heterocycles. The fourth-order valence-electron chi connectivity index (χ4n) is 2.54. The molecular weight excluding hydrogens is 300 g/mol. The van der Waals surface area contributed by atoms with Gasteiger partial charge in [-0.3, -0.25) is 24.5 Å². The highest BCUT2D eigenvalue weighted by Crippen LogP contribution is 2.25. The van der Waals surface area contributed by atoms with Gasteiger partial charge in [-0.15, -0.1) is 0 Å². The molecule has 1 aromatic rings. The maximum atomic E-state index is 11.9. The van der Waals surface area contributed by atoms with Gasteiger partial charge in [0.2, 0.25) is 18.2 Å². The van der Waals surface area contributed by atoms with Crippen LogP contribution in [0.2, 0.25) is 0 Å². The summed E-state index contributed by atoms with van der Waals surface area (Å²) in [4.78, 5) is 46.4. The van der Waals surface area contributed by atoms with Crippen molar-refractivity contribution < 1.29 is 23.9 Å². The van der Waals surface area contributed by atoms with Gasteiger partial charge in [0.25, 0.3) is 0 Å². The molecule has 1 atom stereocenters. The average Bonchev–Trinajstić information content (AvgIpc) is 2.53. The van der Waals surface area contributed by atoms with Crippen molar-refractivity contribution in [3.05, 3.63) is 29.3 Å². The number of carbonyl (C=O) groups excluding carboxylic acids is 4. The number of benzene rings is 1. The van der Waals surface area contributed by atoms with Gasteiger partial charge in [0.15, 0.2) is 6.29 Å². The molecule has 2 rings (SSSR count). The number of nitrogens with one attached hydrogen (secondary N) is 1. The lowest BCUT2D eigenvalue weighted by molar-refractivity contribution is -0.141. The minimum absolute atomic E-state index is 0.0873. The lowest BCUT2D eigenvalue weighted by Crippen LogP contribution is -2.51. The van der Waals surface area contributed by atoms with E-state index >= 15 is 0 Å². The molecule has 0 saturated carbocycles. The van der Waals surface area contributed by atoms with Crippen LogP contribution in [0.25, 0.3) is 0 Å². The molecule has 23 heavy (non-hydrogen) atoms. The SMILES string of the molecule is Cc1cccc(OCC=O)c1CN(C=O)C1CCC(=O)NC1=O. The van der Waals surface area contributed by atoms with Crippen LogP contribution in [-0.4, -0.2) is 42.1 Å². The number of imide groups is 1. The van der Waals surface area contributed by atoms with Crippen molar-refractivity contribution in [1.29, 1.82) is 0 Å². The van der Waals surface area contributed by atoms with Gasteiger partial charge in [0, 0.05) is 12.0 Å². The molecule has 0 spiro atoms. The van der Waals surface area contributed by atoms with Crippen LogP contribution in [0.1, 0.15) is 24.0 Å². The number of hydrogen-bond acceptors (Lipinski definition) is 5. The summed E-state index contributed by atoms with van der Waals surface area (Å²) in [5.41, 5.74) is 1.61. The van der Waals surface area contributed by atoms with E-state index in [0.29, 0.717) is 24.9 Å². The second-order valence-electron chi connectivity index (χ2n) is 5.27. The summed E-state index contributed by atoms with van der Waals surface area (Å²) in [5, 5.41) is 2.24. The van der Waals surface area contributed by atoms with Gasteiger partial charge in [-0.25, -0.2) is 0 Å². The zero-order chi connectivity index (χ0) is 16.8. The van der Waals surface area contributed by atoms with Crippen LogP contribution < -0.4 is 10.1 Å². The zero-order valence-electron chi connectivity index (χ0n) is 12.8. The van der Waals surface area contributed by atoms with Crippen LogP contribution in [0.5, 0.6) is 5.75 Å². The predicted molar refractivity (Wildman–Crippen MR) is 80.5 cm³/mol. The third kappa shape index (κ3) is 3.94. The Kier molecular flexibility index (Phi) is 5.46. The number of hydrogen-bond donors (Lipinski definition) is 1. The average molecular weight is 318 g/mol. The maximum Gasteiger partial charge on any atom is 0.249 e. The molecule has 1 heterocycles. The number of carbonyl (C=O) groups is 4. The largest absolute Gasteiger partial charge is 0.486 e. The van der Waals surface area contributed by atoms with Crippen molar-refractivity contribution in [1.82, 2.24) is 10.2 Å². The standard InChI is InChI=1S/C16H18N2O5/c1-11-3-2-4-14(23-8-7-19)12(11)9-18(10-20)13-5-6-15(21)17-16(13)22/h2-4,7,10,13H,5-6,8-9H2,1H3,(H,17,21,22). The maximum absolute atomic E-state index is 11.9. The Balaban J connectivity index is 2.21. The topological polar surface area (TPSA) is 92.8 Å². The first-order valence-electron chi connectivity index (χ1n) is 7.26. The lowest BCUT2D eigenvalue weighted by Gasteiger charge is -2.30. The number of aryl methyl sites for hydroxylation is 1. The van der Waals surface area contributed by atoms with Crippen molar-refractivity contribution in [2.24, 2.45) is 0 Å². The monoisotopic (exact) mass is 318 g/mol. The second kappa shape index (κ2) is 7.53. The molecule has 1 N–H and O–H groups in total. The molecular formula is C16H18N2O5. The smallest absolute Gasteiger partial charge is 0.249 e. The van der Waals surface area contributed by atoms with Crippen molar-refractivity contribution in [3.63, 3.8) is 0 Å². The van der Waals surface area contributed by atoms with E-state index in [0.717, 1.165) is 11.1 Å². The van der Waals surface area contributed by atoms with Crippen LogP contribution in [0.15, 0.2) is 18.2 Å². The summed E-state index contributed by atoms with van der Waals surface area (Å²) in [6, 6.07) is 4.66. The van der Waals surface area contributed by atoms with E-state index in [-0.39, 0.29) is 25.5 Å². The Morgan fingerprint density at radius 2 is 2.13 bits per heavy atom. The van der Waals surface area contributed by atoms with E-state index < -0.39 is 11.9 Å². The Morgan fingerprint density at radius 1 is 1.35 bits per heavy atom. The molecule has 1 aliphatic rings. The molecule has 7 heteroatoms. The second-order valence-corrected chi connectivity index (χ2v) is 5.27. The lowest BCUT2D eigenvalue weighted by atomic mass is 10.0. The summed E-state index contributed by atoms with van der Waals surface area (Å²) in [5.74, 6) is -0.309. The molecule has 7 nitrogen and oxygen atoms in total. The van der Waals surface area contributed by atoms with E-state index in [1.54, 1.807) is 12.1 Å². The summed E-state index contributed by atoms with van der Waals surface area (Å²) < 4.78 is 5.38. The molecule has 1 unspecified atom stereocenters. The fraction of sp³-hybridized carbons (Fsp3) is 0.375. The molecule has 0 radical (unpaired) electrons. The van der Waals surface area contributed by atoms with Crippen LogP contribution in [0.4, 0.5) is 0 Å². The summed E-state index contributed by atoms with van der Waals surface area (Å²) in [7, 11) is 0. The van der Waals surface area contributed by atoms with Crippen LogP contribution in [0.3, 0.4) is 0 Å². The van der Waals surface area contributed by atoms with Gasteiger partial charge in [0.1, 0.15) is 18.4 Å². The quantitative estimate of drug-likeness (QED) is 0.578. The molecule has 1 aromatic carbocycles. The number of rotatable bonds is 7. The van der Waals surface area contributed by atoms with E-state index in [9.17, 15) is 19.2 Å². The Labute approximate surface area is 133 Å². The van der Waals surface area contributed by atoms with Gasteiger partial charge in [-0.1, -0.05) is 12.1 Å². The number of piperidine rings is 1. The summed E-state index contributed by atoms with van der Waals surface area (Å²) in [6.45, 7) is 1.93. The van der Waals surface area contributed by atoms with Crippen LogP contribution >= 0.6 is 0 Å². The normalized spacial score (nSPS) is 17.3. The molecule has 122 valence electrons. The molecule has 1 saturated heterocycles. The molecule has 1 fully saturated rings. The van der Waals surface area contributed by atoms with Crippen LogP contribution in [-0.2, 0) is 25.7 Å². The predicted octanol–water partition coefficient (Wildman–Crippen LogP) is 0.336. The van der Waals surface area contributed by atoms with Crippen molar-refractivity contribution in [2.45, 2.75) is 32.4 Å². The minimum atomic E-state index is -0.691. The van der Waals surface area contributed by atoms with Crippen molar-refractivity contribution >= 4 is 24.5 Å². The van der Waals surface area contributed by atoms with Crippen LogP contribution in [0, 0.1) is 6.92 Å². The van der Waals surface area contributed by atoms with Gasteiger partial charge in [-0.05, 0) is 25.0 Å². The highest BCUT2D eigenvalue weighted by atomic mass is 16.5. The molecule has 0 bridgehead atoms. The Morgan fingerprint density at radius 3 is 2.78 bits per heavy atom. The van der Waals surface area contributed by atoms with E-state index in [1.807, 2.05) is 13.0 Å². The van der Waals surface area contributed by atoms with Gasteiger partial charge in [0.05, 0.1) is 6.54 Å². The molecule has 0 aliphatic carbocycles. The fourth-order valence-corrected chi connectivity index (χ4v) is 2.54. The van der Waals surface area contributed by atoms with Crippen molar-refractivity contribution in [3.8, 4) is 5.75 Å². The van der Waals surface area contributed by atoms with Gasteiger partial charge in [-0.2, -0.15) is 0 Å². The van der Waals surface area contributed by atoms with E-state index in [1.165, 1.54) is 4.90 Å². The summed E-state index contributed by atoms with van der Waals surface area (Å²) in [6.07, 6.45) is 1.72. The third-order valence-electron chi connectivity index (χ3n) is 3.76. The van der Waals surface area contributed by atoms with Gasteiger partial charge < -0.3 is 9.64 Å². The first-order chi connectivity index (χ1) is 11.1. The Hall–Kier alpha value is -2.70. The van der Waals surface area contributed by atoms with E-state index in [2.05, 4.69) is 5.32 Å². The first-order valence-corrected chi connectivity index (χ1v) is 7.26. The number of amides is 3. The first kappa shape index (κ1) is 16.7.